The number of carbonyl (C=O) groups excluding carboxylic acids is 1. The lowest BCUT2D eigenvalue weighted by Crippen LogP contribution is -2.30. The van der Waals surface area contributed by atoms with Gasteiger partial charge in [-0.2, -0.15) is 4.31 Å². The second-order valence-corrected chi connectivity index (χ2v) is 9.02. The molecule has 9 nitrogen and oxygen atoms in total. The van der Waals surface area contributed by atoms with Crippen molar-refractivity contribution in [2.24, 2.45) is 0 Å². The van der Waals surface area contributed by atoms with Crippen LogP contribution in [0.2, 0.25) is 0 Å². The van der Waals surface area contributed by atoms with Crippen LogP contribution in [0.1, 0.15) is 36.0 Å². The SMILES string of the molecule is CCN(Cc1ccccc1)S(=O)(=O)c1c[nH]c(-c2nnc(C(=O)N3CCCC3)o2)c1. The summed E-state index contributed by atoms with van der Waals surface area (Å²) in [6.45, 7) is 3.75. The number of nitrogens with one attached hydrogen (secondary N) is 1. The molecule has 1 N–H and O–H groups in total. The number of hydrogen-bond donors (Lipinski definition) is 1. The van der Waals surface area contributed by atoms with Crippen molar-refractivity contribution in [1.82, 2.24) is 24.4 Å². The number of amides is 1. The number of hydrogen-bond acceptors (Lipinski definition) is 6. The molecule has 1 saturated heterocycles. The second kappa shape index (κ2) is 8.41. The number of carbonyl (C=O) groups is 1. The highest BCUT2D eigenvalue weighted by molar-refractivity contribution is 7.89. The average Bonchev–Trinajstić information content (AvgIpc) is 3.52. The Balaban J connectivity index is 1.53. The third-order valence-corrected chi connectivity index (χ3v) is 6.98. The molecule has 0 atom stereocenters. The zero-order valence-corrected chi connectivity index (χ0v) is 17.4. The summed E-state index contributed by atoms with van der Waals surface area (Å²) in [5.41, 5.74) is 1.25. The van der Waals surface area contributed by atoms with Gasteiger partial charge in [-0.05, 0) is 24.5 Å². The first-order valence-corrected chi connectivity index (χ1v) is 11.3. The minimum atomic E-state index is -3.72. The predicted octanol–water partition coefficient (Wildman–Crippen LogP) is 2.51. The van der Waals surface area contributed by atoms with E-state index in [0.29, 0.717) is 25.3 Å². The van der Waals surface area contributed by atoms with E-state index >= 15 is 0 Å². The first kappa shape index (κ1) is 20.3. The van der Waals surface area contributed by atoms with Gasteiger partial charge in [0, 0.05) is 32.4 Å². The Labute approximate surface area is 174 Å². The summed E-state index contributed by atoms with van der Waals surface area (Å²) >= 11 is 0. The number of H-pyrrole nitrogens is 1. The monoisotopic (exact) mass is 429 g/mol. The van der Waals surface area contributed by atoms with Gasteiger partial charge < -0.3 is 14.3 Å². The Kier molecular flexibility index (Phi) is 5.69. The van der Waals surface area contributed by atoms with E-state index in [9.17, 15) is 13.2 Å². The summed E-state index contributed by atoms with van der Waals surface area (Å²) in [6.07, 6.45) is 3.31. The van der Waals surface area contributed by atoms with Crippen LogP contribution in [0.25, 0.3) is 11.6 Å². The van der Waals surface area contributed by atoms with Crippen molar-refractivity contribution >= 4 is 15.9 Å². The van der Waals surface area contributed by atoms with Crippen LogP contribution in [-0.2, 0) is 16.6 Å². The molecule has 2 aromatic heterocycles. The first-order chi connectivity index (χ1) is 14.5. The standard InChI is InChI=1S/C20H23N5O4S/c1-2-25(14-15-8-4-3-5-9-15)30(27,28)16-12-17(21-13-16)18-22-23-19(29-18)20(26)24-10-6-7-11-24/h3-5,8-9,12-13,21H,2,6-7,10-11,14H2,1H3. The molecule has 0 saturated carbocycles. The molecule has 3 heterocycles. The van der Waals surface area contributed by atoms with Crippen LogP contribution in [0.5, 0.6) is 0 Å². The van der Waals surface area contributed by atoms with Gasteiger partial charge >= 0.3 is 11.8 Å². The minimum Gasteiger partial charge on any atom is -0.411 e. The van der Waals surface area contributed by atoms with Gasteiger partial charge in [0.2, 0.25) is 10.0 Å². The molecule has 1 fully saturated rings. The van der Waals surface area contributed by atoms with Gasteiger partial charge in [-0.15, -0.1) is 10.2 Å². The Bertz CT molecular complexity index is 1120. The second-order valence-electron chi connectivity index (χ2n) is 7.08. The Morgan fingerprint density at radius 1 is 1.20 bits per heavy atom. The maximum Gasteiger partial charge on any atom is 0.311 e. The zero-order valence-electron chi connectivity index (χ0n) is 16.6. The summed E-state index contributed by atoms with van der Waals surface area (Å²) in [6, 6.07) is 10.9. The molecule has 158 valence electrons. The van der Waals surface area contributed by atoms with Gasteiger partial charge in [-0.3, -0.25) is 4.79 Å². The fourth-order valence-corrected chi connectivity index (χ4v) is 4.86. The fourth-order valence-electron chi connectivity index (χ4n) is 3.42. The number of sulfonamides is 1. The number of benzene rings is 1. The van der Waals surface area contributed by atoms with Gasteiger partial charge in [0.05, 0.1) is 0 Å². The molecule has 1 amide bonds. The molecule has 0 bridgehead atoms. The molecule has 4 rings (SSSR count). The van der Waals surface area contributed by atoms with Crippen LogP contribution < -0.4 is 0 Å². The summed E-state index contributed by atoms with van der Waals surface area (Å²) in [5, 5.41) is 7.73. The van der Waals surface area contributed by atoms with Crippen LogP contribution >= 0.6 is 0 Å². The van der Waals surface area contributed by atoms with E-state index in [4.69, 9.17) is 4.42 Å². The maximum atomic E-state index is 13.1. The zero-order chi connectivity index (χ0) is 21.1. The summed E-state index contributed by atoms with van der Waals surface area (Å²) in [5.74, 6) is -0.319. The van der Waals surface area contributed by atoms with E-state index in [1.54, 1.807) is 11.8 Å². The highest BCUT2D eigenvalue weighted by atomic mass is 32.2. The number of aromatic amines is 1. The van der Waals surface area contributed by atoms with Crippen molar-refractivity contribution in [1.29, 1.82) is 0 Å². The lowest BCUT2D eigenvalue weighted by Gasteiger charge is -2.19. The number of aromatic nitrogens is 3. The Morgan fingerprint density at radius 2 is 1.93 bits per heavy atom. The third-order valence-electron chi connectivity index (χ3n) is 5.08. The third kappa shape index (κ3) is 4.01. The van der Waals surface area contributed by atoms with Crippen molar-refractivity contribution in [3.8, 4) is 11.6 Å². The predicted molar refractivity (Wildman–Crippen MR) is 109 cm³/mol. The van der Waals surface area contributed by atoms with Gasteiger partial charge in [-0.1, -0.05) is 37.3 Å². The lowest BCUT2D eigenvalue weighted by atomic mass is 10.2. The first-order valence-electron chi connectivity index (χ1n) is 9.84. The van der Waals surface area contributed by atoms with Crippen molar-refractivity contribution in [3.63, 3.8) is 0 Å². The molecule has 0 unspecified atom stereocenters. The molecule has 0 radical (unpaired) electrons. The molecule has 1 aromatic carbocycles. The lowest BCUT2D eigenvalue weighted by molar-refractivity contribution is 0.0754. The average molecular weight is 430 g/mol. The number of rotatable bonds is 7. The van der Waals surface area contributed by atoms with Crippen LogP contribution in [0.15, 0.2) is 51.9 Å². The summed E-state index contributed by atoms with van der Waals surface area (Å²) in [4.78, 5) is 17.0. The normalized spacial score (nSPS) is 14.5. The topological polar surface area (TPSA) is 112 Å². The maximum absolute atomic E-state index is 13.1. The number of likely N-dealkylation sites (tertiary alicyclic amines) is 1. The molecule has 3 aromatic rings. The largest absolute Gasteiger partial charge is 0.411 e. The van der Waals surface area contributed by atoms with Crippen LogP contribution in [0.3, 0.4) is 0 Å². The summed E-state index contributed by atoms with van der Waals surface area (Å²) < 4.78 is 33.1. The van der Waals surface area contributed by atoms with E-state index in [1.807, 2.05) is 30.3 Å². The summed E-state index contributed by atoms with van der Waals surface area (Å²) in [7, 11) is -3.72. The number of nitrogens with zero attached hydrogens (tertiary/aromatic N) is 4. The van der Waals surface area contributed by atoms with Gasteiger partial charge in [0.25, 0.3) is 5.89 Å². The van der Waals surface area contributed by atoms with Crippen LogP contribution in [0, 0.1) is 0 Å². The van der Waals surface area contributed by atoms with Crippen molar-refractivity contribution in [2.75, 3.05) is 19.6 Å². The minimum absolute atomic E-state index is 0.0742. The van der Waals surface area contributed by atoms with Crippen molar-refractivity contribution < 1.29 is 17.6 Å². The van der Waals surface area contributed by atoms with E-state index in [1.165, 1.54) is 16.6 Å². The van der Waals surface area contributed by atoms with Gasteiger partial charge in [0.1, 0.15) is 10.6 Å². The Morgan fingerprint density at radius 3 is 2.63 bits per heavy atom. The molecule has 1 aliphatic rings. The van der Waals surface area contributed by atoms with Gasteiger partial charge in [-0.25, -0.2) is 8.42 Å². The quantitative estimate of drug-likeness (QED) is 0.618. The van der Waals surface area contributed by atoms with Crippen molar-refractivity contribution in [2.45, 2.75) is 31.2 Å². The molecule has 10 heteroatoms. The highest BCUT2D eigenvalue weighted by Crippen LogP contribution is 2.24. The van der Waals surface area contributed by atoms with Gasteiger partial charge in [0.15, 0.2) is 0 Å². The smallest absolute Gasteiger partial charge is 0.311 e. The van der Waals surface area contributed by atoms with E-state index < -0.39 is 10.0 Å². The Hall–Kier alpha value is -2.98. The highest BCUT2D eigenvalue weighted by Gasteiger charge is 2.27. The van der Waals surface area contributed by atoms with E-state index in [0.717, 1.165) is 18.4 Å². The molecule has 30 heavy (non-hydrogen) atoms. The van der Waals surface area contributed by atoms with E-state index in [-0.39, 0.29) is 29.1 Å². The molecular formula is C20H23N5O4S. The van der Waals surface area contributed by atoms with Crippen LogP contribution in [-0.4, -0.2) is 58.3 Å². The molecule has 0 aliphatic carbocycles. The van der Waals surface area contributed by atoms with Crippen LogP contribution in [0.4, 0.5) is 0 Å². The fraction of sp³-hybridized carbons (Fsp3) is 0.350. The molecular weight excluding hydrogens is 406 g/mol. The van der Waals surface area contributed by atoms with E-state index in [2.05, 4.69) is 15.2 Å². The molecule has 0 spiro atoms. The molecule has 1 aliphatic heterocycles. The van der Waals surface area contributed by atoms with Crippen molar-refractivity contribution in [3.05, 3.63) is 54.0 Å².